The van der Waals surface area contributed by atoms with Gasteiger partial charge in [0.2, 0.25) is 0 Å². The van der Waals surface area contributed by atoms with Gasteiger partial charge in [0.1, 0.15) is 0 Å². The summed E-state index contributed by atoms with van der Waals surface area (Å²) >= 11 is 0. The van der Waals surface area contributed by atoms with E-state index in [0.29, 0.717) is 0 Å². The number of benzene rings is 6. The van der Waals surface area contributed by atoms with Crippen molar-refractivity contribution in [3.63, 3.8) is 0 Å². The molecule has 1 heterocycles. The van der Waals surface area contributed by atoms with Crippen LogP contribution in [0.5, 0.6) is 0 Å². The Morgan fingerprint density at radius 1 is 0.630 bits per heavy atom. The number of fused-ring (bicyclic) bond motifs is 10. The summed E-state index contributed by atoms with van der Waals surface area (Å²) < 4.78 is 2.48. The molecular formula is C45H31N. The van der Waals surface area contributed by atoms with E-state index in [1.54, 1.807) is 0 Å². The second-order valence-corrected chi connectivity index (χ2v) is 12.4. The SMILES string of the molecule is C#CC1=C(/C=C\C)C2(c3ccccc31)c1cc(C)ccc1-c1c(-n3c4ccccc4c4cc(-c5ccccc5)ccc43)cccc12. The maximum atomic E-state index is 6.33. The summed E-state index contributed by atoms with van der Waals surface area (Å²) in [5.41, 5.74) is 16.4. The van der Waals surface area contributed by atoms with E-state index in [-0.39, 0.29) is 0 Å². The highest BCUT2D eigenvalue weighted by atomic mass is 15.0. The van der Waals surface area contributed by atoms with Crippen LogP contribution in [0.1, 0.15) is 34.7 Å². The number of aryl methyl sites for hydroxylation is 1. The lowest BCUT2D eigenvalue weighted by Crippen LogP contribution is -2.27. The summed E-state index contributed by atoms with van der Waals surface area (Å²) in [5.74, 6) is 3.11. The highest BCUT2D eigenvalue weighted by Crippen LogP contribution is 2.63. The van der Waals surface area contributed by atoms with Crippen LogP contribution >= 0.6 is 0 Å². The van der Waals surface area contributed by atoms with E-state index in [1.165, 1.54) is 77.6 Å². The number of para-hydroxylation sites is 1. The average molecular weight is 586 g/mol. The Balaban J connectivity index is 1.41. The number of hydrogen-bond donors (Lipinski definition) is 0. The summed E-state index contributed by atoms with van der Waals surface area (Å²) in [7, 11) is 0. The van der Waals surface area contributed by atoms with Gasteiger partial charge in [-0.2, -0.15) is 0 Å². The zero-order chi connectivity index (χ0) is 31.0. The molecule has 7 aromatic rings. The first-order chi connectivity index (χ1) is 22.7. The maximum absolute atomic E-state index is 6.33. The minimum absolute atomic E-state index is 0.503. The van der Waals surface area contributed by atoms with E-state index in [4.69, 9.17) is 6.42 Å². The van der Waals surface area contributed by atoms with Gasteiger partial charge in [0, 0.05) is 21.9 Å². The summed E-state index contributed by atoms with van der Waals surface area (Å²) in [4.78, 5) is 0. The molecule has 0 saturated heterocycles. The van der Waals surface area contributed by atoms with Gasteiger partial charge in [0.25, 0.3) is 0 Å². The Kier molecular flexibility index (Phi) is 5.67. The normalized spacial score (nSPS) is 16.4. The number of rotatable bonds is 3. The molecule has 0 saturated carbocycles. The van der Waals surface area contributed by atoms with E-state index in [2.05, 4.69) is 170 Å². The van der Waals surface area contributed by atoms with Gasteiger partial charge in [-0.25, -0.2) is 0 Å². The van der Waals surface area contributed by atoms with Crippen LogP contribution in [0.3, 0.4) is 0 Å². The quantitative estimate of drug-likeness (QED) is 0.182. The predicted molar refractivity (Wildman–Crippen MR) is 193 cm³/mol. The number of terminal acetylenes is 1. The van der Waals surface area contributed by atoms with E-state index < -0.39 is 5.41 Å². The van der Waals surface area contributed by atoms with E-state index in [1.807, 2.05) is 0 Å². The number of aromatic nitrogens is 1. The van der Waals surface area contributed by atoms with Crippen molar-refractivity contribution in [2.75, 3.05) is 0 Å². The number of hydrogen-bond acceptors (Lipinski definition) is 0. The largest absolute Gasteiger partial charge is 0.309 e. The molecule has 1 aromatic heterocycles. The minimum Gasteiger partial charge on any atom is -0.309 e. The molecule has 0 radical (unpaired) electrons. The Bertz CT molecular complexity index is 2500. The van der Waals surface area contributed by atoms with Crippen LogP contribution in [0.25, 0.3) is 55.3 Å². The van der Waals surface area contributed by atoms with Crippen molar-refractivity contribution in [2.45, 2.75) is 19.3 Å². The van der Waals surface area contributed by atoms with Gasteiger partial charge in [-0.15, -0.1) is 6.42 Å². The highest BCUT2D eigenvalue weighted by Gasteiger charge is 2.52. The molecule has 0 amide bonds. The van der Waals surface area contributed by atoms with Gasteiger partial charge in [0.15, 0.2) is 0 Å². The smallest absolute Gasteiger partial charge is 0.0732 e. The van der Waals surface area contributed by atoms with Crippen LogP contribution in [0, 0.1) is 19.3 Å². The van der Waals surface area contributed by atoms with E-state index in [0.717, 1.165) is 11.1 Å². The molecule has 0 N–H and O–H groups in total. The van der Waals surface area contributed by atoms with Crippen LogP contribution in [0.4, 0.5) is 0 Å². The standard InChI is InChI=1S/C45H31N/c1-4-14-37-32(5-2)33-17-9-11-19-38(33)45(37)39-20-13-22-43(44(39)35-25-23-29(3)27-40(35)45)46-41-21-12-10-18-34(41)36-28-31(24-26-42(36)46)30-15-7-6-8-16-30/h2,4,6-28H,1,3H3/b14-4-. The van der Waals surface area contributed by atoms with Crippen LogP contribution in [0.2, 0.25) is 0 Å². The van der Waals surface area contributed by atoms with E-state index >= 15 is 0 Å². The molecule has 9 rings (SSSR count). The van der Waals surface area contributed by atoms with Crippen molar-refractivity contribution < 1.29 is 0 Å². The third-order valence-corrected chi connectivity index (χ3v) is 10.1. The van der Waals surface area contributed by atoms with Crippen molar-refractivity contribution in [3.8, 4) is 40.3 Å². The molecule has 6 aromatic carbocycles. The Morgan fingerprint density at radius 3 is 2.24 bits per heavy atom. The molecule has 1 nitrogen and oxygen atoms in total. The molecule has 0 aliphatic heterocycles. The molecule has 1 heteroatoms. The van der Waals surface area contributed by atoms with Gasteiger partial charge in [-0.1, -0.05) is 133 Å². The van der Waals surface area contributed by atoms with Gasteiger partial charge >= 0.3 is 0 Å². The van der Waals surface area contributed by atoms with Gasteiger partial charge in [-0.3, -0.25) is 0 Å². The summed E-state index contributed by atoms with van der Waals surface area (Å²) in [6.45, 7) is 4.28. The van der Waals surface area contributed by atoms with Gasteiger partial charge in [-0.05, 0) is 82.6 Å². The molecule has 216 valence electrons. The van der Waals surface area contributed by atoms with Crippen molar-refractivity contribution >= 4 is 27.4 Å². The number of nitrogens with zero attached hydrogens (tertiary/aromatic N) is 1. The molecule has 1 spiro atoms. The molecule has 1 unspecified atom stereocenters. The van der Waals surface area contributed by atoms with Gasteiger partial charge in [0.05, 0.1) is 22.1 Å². The van der Waals surface area contributed by atoms with Crippen molar-refractivity contribution in [1.29, 1.82) is 0 Å². The second-order valence-electron chi connectivity index (χ2n) is 12.4. The monoisotopic (exact) mass is 585 g/mol. The maximum Gasteiger partial charge on any atom is 0.0732 e. The average Bonchev–Trinajstić information content (AvgIpc) is 3.69. The third-order valence-electron chi connectivity index (χ3n) is 10.1. The molecule has 0 fully saturated rings. The molecule has 46 heavy (non-hydrogen) atoms. The van der Waals surface area contributed by atoms with Crippen LogP contribution in [0.15, 0.2) is 151 Å². The highest BCUT2D eigenvalue weighted by molar-refractivity contribution is 6.11. The second kappa shape index (κ2) is 9.83. The lowest BCUT2D eigenvalue weighted by atomic mass is 9.69. The van der Waals surface area contributed by atoms with Crippen molar-refractivity contribution in [3.05, 3.63) is 179 Å². The Hall–Kier alpha value is -5.84. The molecule has 0 bridgehead atoms. The minimum atomic E-state index is -0.503. The fourth-order valence-corrected chi connectivity index (χ4v) is 8.31. The Labute approximate surface area is 269 Å². The lowest BCUT2D eigenvalue weighted by molar-refractivity contribution is 0.784. The molecule has 2 aliphatic rings. The van der Waals surface area contributed by atoms with E-state index in [9.17, 15) is 0 Å². The third kappa shape index (κ3) is 3.36. The Morgan fingerprint density at radius 2 is 1.39 bits per heavy atom. The topological polar surface area (TPSA) is 4.93 Å². The summed E-state index contributed by atoms with van der Waals surface area (Å²) in [5, 5.41) is 2.50. The molecular weight excluding hydrogens is 555 g/mol. The first-order valence-corrected chi connectivity index (χ1v) is 15.9. The lowest BCUT2D eigenvalue weighted by Gasteiger charge is -2.31. The zero-order valence-electron chi connectivity index (χ0n) is 25.9. The van der Waals surface area contributed by atoms with Crippen molar-refractivity contribution in [1.82, 2.24) is 4.57 Å². The molecule has 1 atom stereocenters. The van der Waals surface area contributed by atoms with Crippen LogP contribution in [-0.2, 0) is 5.41 Å². The zero-order valence-corrected chi connectivity index (χ0v) is 25.9. The summed E-state index contributed by atoms with van der Waals surface area (Å²) in [6.07, 6.45) is 10.7. The fraction of sp³-hybridized carbons (Fsp3) is 0.0667. The number of allylic oxidation sites excluding steroid dienone is 4. The first kappa shape index (κ1) is 26.6. The first-order valence-electron chi connectivity index (χ1n) is 15.9. The summed E-state index contributed by atoms with van der Waals surface area (Å²) in [6, 6.07) is 48.9. The molecule has 2 aliphatic carbocycles. The predicted octanol–water partition coefficient (Wildman–Crippen LogP) is 11.1. The van der Waals surface area contributed by atoms with Gasteiger partial charge < -0.3 is 4.57 Å². The fourth-order valence-electron chi connectivity index (χ4n) is 8.31. The van der Waals surface area contributed by atoms with Crippen LogP contribution in [-0.4, -0.2) is 4.57 Å². The van der Waals surface area contributed by atoms with Crippen molar-refractivity contribution in [2.24, 2.45) is 0 Å². The van der Waals surface area contributed by atoms with Crippen LogP contribution < -0.4 is 0 Å².